The second kappa shape index (κ2) is 8.14. The fraction of sp³-hybridized carbons (Fsp3) is 0.222. The van der Waals surface area contributed by atoms with E-state index in [0.717, 1.165) is 12.1 Å². The third-order valence-corrected chi connectivity index (χ3v) is 3.40. The van der Waals surface area contributed by atoms with Crippen molar-refractivity contribution in [2.75, 3.05) is 19.5 Å². The summed E-state index contributed by atoms with van der Waals surface area (Å²) in [5, 5.41) is 2.62. The summed E-state index contributed by atoms with van der Waals surface area (Å²) in [6.45, 7) is 1.43. The van der Waals surface area contributed by atoms with Crippen molar-refractivity contribution < 1.29 is 28.2 Å². The summed E-state index contributed by atoms with van der Waals surface area (Å²) in [4.78, 5) is 24.2. The van der Waals surface area contributed by atoms with Crippen LogP contribution >= 0.6 is 0 Å². The third kappa shape index (κ3) is 4.69. The van der Waals surface area contributed by atoms with Crippen LogP contribution < -0.4 is 14.8 Å². The number of hydrogen-bond acceptors (Lipinski definition) is 5. The molecule has 7 heteroatoms. The van der Waals surface area contributed by atoms with Crippen LogP contribution in [0.4, 0.5) is 10.1 Å². The Hall–Kier alpha value is -3.09. The Balaban J connectivity index is 2.05. The molecular weight excluding hydrogens is 329 g/mol. The van der Waals surface area contributed by atoms with Crippen LogP contribution in [0.3, 0.4) is 0 Å². The van der Waals surface area contributed by atoms with Crippen molar-refractivity contribution in [3.05, 3.63) is 53.8 Å². The maximum Gasteiger partial charge on any atom is 0.338 e. The first-order valence-electron chi connectivity index (χ1n) is 7.44. The molecule has 0 unspecified atom stereocenters. The first-order valence-corrected chi connectivity index (χ1v) is 7.44. The Morgan fingerprint density at radius 1 is 1.04 bits per heavy atom. The third-order valence-electron chi connectivity index (χ3n) is 3.40. The molecule has 2 aromatic carbocycles. The van der Waals surface area contributed by atoms with Gasteiger partial charge in [0, 0.05) is 6.07 Å². The smallest absolute Gasteiger partial charge is 0.338 e. The van der Waals surface area contributed by atoms with E-state index < -0.39 is 23.8 Å². The molecule has 0 saturated heterocycles. The number of amides is 1. The van der Waals surface area contributed by atoms with Gasteiger partial charge in [0.25, 0.3) is 5.91 Å². The second-order valence-electron chi connectivity index (χ2n) is 5.11. The van der Waals surface area contributed by atoms with Crippen molar-refractivity contribution in [2.24, 2.45) is 0 Å². The summed E-state index contributed by atoms with van der Waals surface area (Å²) in [5.41, 5.74) is 0.538. The summed E-state index contributed by atoms with van der Waals surface area (Å²) < 4.78 is 28.3. The van der Waals surface area contributed by atoms with E-state index in [-0.39, 0.29) is 5.56 Å². The van der Waals surface area contributed by atoms with E-state index in [1.54, 1.807) is 18.2 Å². The van der Waals surface area contributed by atoms with Crippen LogP contribution in [-0.4, -0.2) is 32.2 Å². The topological polar surface area (TPSA) is 73.9 Å². The zero-order valence-electron chi connectivity index (χ0n) is 14.0. The maximum absolute atomic E-state index is 12.9. The van der Waals surface area contributed by atoms with Gasteiger partial charge >= 0.3 is 5.97 Å². The van der Waals surface area contributed by atoms with Crippen molar-refractivity contribution in [2.45, 2.75) is 13.0 Å². The Labute approximate surface area is 144 Å². The molecule has 0 bridgehead atoms. The van der Waals surface area contributed by atoms with Gasteiger partial charge in [0.2, 0.25) is 0 Å². The highest BCUT2D eigenvalue weighted by atomic mass is 19.1. The Morgan fingerprint density at radius 3 is 2.32 bits per heavy atom. The Bertz CT molecular complexity index is 761. The molecule has 132 valence electrons. The van der Waals surface area contributed by atoms with Crippen molar-refractivity contribution in [1.29, 1.82) is 0 Å². The fourth-order valence-corrected chi connectivity index (χ4v) is 2.01. The van der Waals surface area contributed by atoms with Gasteiger partial charge in [-0.25, -0.2) is 9.18 Å². The monoisotopic (exact) mass is 347 g/mol. The first-order chi connectivity index (χ1) is 11.9. The van der Waals surface area contributed by atoms with Crippen LogP contribution in [0.1, 0.15) is 17.3 Å². The molecule has 1 atom stereocenters. The Kier molecular flexibility index (Phi) is 5.94. The van der Waals surface area contributed by atoms with Gasteiger partial charge in [-0.3, -0.25) is 4.79 Å². The number of nitrogens with one attached hydrogen (secondary N) is 1. The largest absolute Gasteiger partial charge is 0.497 e. The van der Waals surface area contributed by atoms with E-state index >= 15 is 0 Å². The highest BCUT2D eigenvalue weighted by molar-refractivity contribution is 5.98. The van der Waals surface area contributed by atoms with Gasteiger partial charge in [-0.15, -0.1) is 0 Å². The number of ether oxygens (including phenoxy) is 3. The number of carbonyl (C=O) groups excluding carboxylic acids is 2. The maximum atomic E-state index is 12.9. The molecule has 0 fully saturated rings. The van der Waals surface area contributed by atoms with Crippen LogP contribution in [0.2, 0.25) is 0 Å². The van der Waals surface area contributed by atoms with Crippen LogP contribution in [0.5, 0.6) is 11.5 Å². The number of hydrogen-bond donors (Lipinski definition) is 1. The molecule has 2 aromatic rings. The number of anilines is 1. The highest BCUT2D eigenvalue weighted by Crippen LogP contribution is 2.29. The van der Waals surface area contributed by atoms with Gasteiger partial charge in [0.15, 0.2) is 6.10 Å². The van der Waals surface area contributed by atoms with E-state index in [1.165, 1.54) is 33.3 Å². The summed E-state index contributed by atoms with van der Waals surface area (Å²) in [5.74, 6) is -0.756. The van der Waals surface area contributed by atoms with Gasteiger partial charge in [-0.1, -0.05) is 0 Å². The number of esters is 1. The van der Waals surface area contributed by atoms with E-state index in [0.29, 0.717) is 17.2 Å². The summed E-state index contributed by atoms with van der Waals surface area (Å²) in [6.07, 6.45) is -1.06. The highest BCUT2D eigenvalue weighted by Gasteiger charge is 2.20. The van der Waals surface area contributed by atoms with Crippen molar-refractivity contribution >= 4 is 17.6 Å². The molecule has 0 spiro atoms. The van der Waals surface area contributed by atoms with Gasteiger partial charge in [0.1, 0.15) is 17.3 Å². The van der Waals surface area contributed by atoms with Crippen molar-refractivity contribution in [1.82, 2.24) is 0 Å². The Morgan fingerprint density at radius 2 is 1.72 bits per heavy atom. The molecule has 6 nitrogen and oxygen atoms in total. The SMILES string of the molecule is COc1ccc(OC)c(NC(=O)[C@@H](C)OC(=O)c2ccc(F)cc2)c1. The van der Waals surface area contributed by atoms with E-state index in [2.05, 4.69) is 5.32 Å². The second-order valence-corrected chi connectivity index (χ2v) is 5.11. The summed E-state index contributed by atoms with van der Waals surface area (Å²) in [6, 6.07) is 9.77. The quantitative estimate of drug-likeness (QED) is 0.813. The van der Waals surface area contributed by atoms with Gasteiger partial charge in [-0.05, 0) is 43.3 Å². The molecule has 0 radical (unpaired) electrons. The number of rotatable bonds is 6. The average Bonchev–Trinajstić information content (AvgIpc) is 2.61. The number of methoxy groups -OCH3 is 2. The zero-order valence-corrected chi connectivity index (χ0v) is 14.0. The van der Waals surface area contributed by atoms with Crippen LogP contribution in [-0.2, 0) is 9.53 Å². The normalized spacial score (nSPS) is 11.4. The molecule has 0 saturated carbocycles. The predicted octanol–water partition coefficient (Wildman–Crippen LogP) is 3.03. The minimum Gasteiger partial charge on any atom is -0.497 e. The van der Waals surface area contributed by atoms with E-state index in [9.17, 15) is 14.0 Å². The van der Waals surface area contributed by atoms with Gasteiger partial charge in [0.05, 0.1) is 25.5 Å². The molecule has 1 amide bonds. The summed E-state index contributed by atoms with van der Waals surface area (Å²) in [7, 11) is 2.97. The molecule has 0 aromatic heterocycles. The molecule has 0 aliphatic heterocycles. The van der Waals surface area contributed by atoms with E-state index in [1.807, 2.05) is 0 Å². The number of halogens is 1. The van der Waals surface area contributed by atoms with Crippen LogP contribution in [0, 0.1) is 5.82 Å². The number of carbonyl (C=O) groups is 2. The van der Waals surface area contributed by atoms with Gasteiger partial charge in [-0.2, -0.15) is 0 Å². The molecule has 25 heavy (non-hydrogen) atoms. The van der Waals surface area contributed by atoms with Crippen molar-refractivity contribution in [3.8, 4) is 11.5 Å². The molecule has 0 heterocycles. The minimum atomic E-state index is -1.06. The summed E-state index contributed by atoms with van der Waals surface area (Å²) >= 11 is 0. The lowest BCUT2D eigenvalue weighted by Gasteiger charge is -2.16. The molecule has 1 N–H and O–H groups in total. The minimum absolute atomic E-state index is 0.153. The predicted molar refractivity (Wildman–Crippen MR) is 89.5 cm³/mol. The molecular formula is C18H18FNO5. The number of benzene rings is 2. The molecule has 2 rings (SSSR count). The van der Waals surface area contributed by atoms with Gasteiger partial charge < -0.3 is 19.5 Å². The fourth-order valence-electron chi connectivity index (χ4n) is 2.01. The lowest BCUT2D eigenvalue weighted by Crippen LogP contribution is -2.30. The van der Waals surface area contributed by atoms with E-state index in [4.69, 9.17) is 14.2 Å². The molecule has 0 aliphatic rings. The van der Waals surface area contributed by atoms with Crippen LogP contribution in [0.15, 0.2) is 42.5 Å². The van der Waals surface area contributed by atoms with Crippen molar-refractivity contribution in [3.63, 3.8) is 0 Å². The molecule has 0 aliphatic carbocycles. The first kappa shape index (κ1) is 18.3. The lowest BCUT2D eigenvalue weighted by atomic mass is 10.2. The lowest BCUT2D eigenvalue weighted by molar-refractivity contribution is -0.123. The standard InChI is InChI=1S/C18H18FNO5/c1-11(25-18(22)12-4-6-13(19)7-5-12)17(21)20-15-10-14(23-2)8-9-16(15)24-3/h4-11H,1-3H3,(H,20,21)/t11-/m1/s1. The van der Waals surface area contributed by atoms with Crippen LogP contribution in [0.25, 0.3) is 0 Å². The zero-order chi connectivity index (χ0) is 18.4. The average molecular weight is 347 g/mol.